The number of hydrogen-bond donors (Lipinski definition) is 2. The first kappa shape index (κ1) is 24.1. The van der Waals surface area contributed by atoms with E-state index in [0.717, 1.165) is 85.5 Å². The summed E-state index contributed by atoms with van der Waals surface area (Å²) in [7, 11) is 0. The minimum atomic E-state index is -0.250. The molecule has 2 atom stereocenters. The van der Waals surface area contributed by atoms with Gasteiger partial charge in [0.15, 0.2) is 0 Å². The van der Waals surface area contributed by atoms with Crippen molar-refractivity contribution in [2.24, 2.45) is 17.8 Å². The summed E-state index contributed by atoms with van der Waals surface area (Å²) >= 11 is 0. The molecule has 2 N–H and O–H groups in total. The van der Waals surface area contributed by atoms with Crippen LogP contribution in [0.25, 0.3) is 0 Å². The number of nitrogens with one attached hydrogen (secondary N) is 1. The summed E-state index contributed by atoms with van der Waals surface area (Å²) in [5.74, 6) is 5.91. The fourth-order valence-corrected chi connectivity index (χ4v) is 6.07. The summed E-state index contributed by atoms with van der Waals surface area (Å²) < 4.78 is 0. The second-order valence-corrected chi connectivity index (χ2v) is 11.4. The van der Waals surface area contributed by atoms with Crippen molar-refractivity contribution in [2.75, 3.05) is 42.9 Å². The van der Waals surface area contributed by atoms with Gasteiger partial charge in [-0.2, -0.15) is 5.26 Å². The zero-order valence-electron chi connectivity index (χ0n) is 21.2. The molecule has 0 amide bonds. The van der Waals surface area contributed by atoms with E-state index < -0.39 is 0 Å². The number of nitriles is 1. The number of hydrogen-bond acceptors (Lipinski definition) is 8. The highest BCUT2D eigenvalue weighted by Gasteiger charge is 2.46. The molecule has 2 unspecified atom stereocenters. The van der Waals surface area contributed by atoms with E-state index in [4.69, 9.17) is 14.9 Å². The predicted octanol–water partition coefficient (Wildman–Crippen LogP) is 4.11. The molecular formula is C28H35N7O2. The average molecular weight is 502 g/mol. The van der Waals surface area contributed by atoms with Crippen LogP contribution < -0.4 is 10.2 Å². The van der Waals surface area contributed by atoms with Crippen LogP contribution in [0.3, 0.4) is 0 Å². The van der Waals surface area contributed by atoms with Crippen LogP contribution in [0, 0.1) is 29.1 Å². The fourth-order valence-electron chi connectivity index (χ4n) is 6.07. The normalized spacial score (nSPS) is 25.0. The summed E-state index contributed by atoms with van der Waals surface area (Å²) in [4.78, 5) is 27.6. The van der Waals surface area contributed by atoms with Crippen molar-refractivity contribution < 1.29 is 9.90 Å². The van der Waals surface area contributed by atoms with Crippen molar-refractivity contribution in [2.45, 2.75) is 56.8 Å². The second kappa shape index (κ2) is 10.3. The van der Waals surface area contributed by atoms with E-state index in [-0.39, 0.29) is 6.47 Å². The van der Waals surface area contributed by atoms with Gasteiger partial charge in [-0.05, 0) is 93.3 Å². The van der Waals surface area contributed by atoms with Gasteiger partial charge in [0.2, 0.25) is 0 Å². The number of rotatable bonds is 7. The molecule has 2 aliphatic heterocycles. The molecule has 5 aliphatic rings. The smallest absolute Gasteiger partial charge is 0.290 e. The lowest BCUT2D eigenvalue weighted by molar-refractivity contribution is -0.122. The lowest BCUT2D eigenvalue weighted by Crippen LogP contribution is -2.34. The van der Waals surface area contributed by atoms with Gasteiger partial charge in [0.05, 0.1) is 23.7 Å². The third-order valence-corrected chi connectivity index (χ3v) is 8.59. The van der Waals surface area contributed by atoms with Crippen LogP contribution in [-0.4, -0.2) is 64.2 Å². The molecule has 0 aromatic carbocycles. The monoisotopic (exact) mass is 501 g/mol. The summed E-state index contributed by atoms with van der Waals surface area (Å²) in [6.45, 7) is 5.34. The summed E-state index contributed by atoms with van der Waals surface area (Å²) in [6.07, 6.45) is 12.6. The summed E-state index contributed by atoms with van der Waals surface area (Å²) in [5.41, 5.74) is 3.06. The Labute approximate surface area is 217 Å². The molecule has 2 saturated heterocycles. The van der Waals surface area contributed by atoms with Crippen molar-refractivity contribution in [1.29, 1.82) is 5.26 Å². The van der Waals surface area contributed by atoms with Crippen LogP contribution in [0.15, 0.2) is 18.5 Å². The highest BCUT2D eigenvalue weighted by Crippen LogP contribution is 2.47. The molecule has 9 nitrogen and oxygen atoms in total. The van der Waals surface area contributed by atoms with E-state index in [1.165, 1.54) is 44.2 Å². The van der Waals surface area contributed by atoms with Gasteiger partial charge in [-0.3, -0.25) is 9.78 Å². The van der Waals surface area contributed by atoms with Gasteiger partial charge in [-0.15, -0.1) is 0 Å². The van der Waals surface area contributed by atoms with Gasteiger partial charge in [0.1, 0.15) is 23.5 Å². The molecule has 7 rings (SSSR count). The maximum Gasteiger partial charge on any atom is 0.290 e. The molecule has 2 aromatic heterocycles. The van der Waals surface area contributed by atoms with Crippen molar-refractivity contribution >= 4 is 23.9 Å². The van der Waals surface area contributed by atoms with Crippen molar-refractivity contribution in [3.63, 3.8) is 0 Å². The molecule has 3 aliphatic carbocycles. The van der Waals surface area contributed by atoms with E-state index in [1.54, 1.807) is 0 Å². The predicted molar refractivity (Wildman–Crippen MR) is 140 cm³/mol. The Hall–Kier alpha value is -3.25. The van der Waals surface area contributed by atoms with Gasteiger partial charge in [0, 0.05) is 25.6 Å². The molecule has 2 aromatic rings. The number of fused-ring (bicyclic) bond motifs is 1. The number of anilines is 3. The van der Waals surface area contributed by atoms with E-state index in [9.17, 15) is 5.26 Å². The summed E-state index contributed by atoms with van der Waals surface area (Å²) in [5, 5.41) is 20.6. The van der Waals surface area contributed by atoms with Crippen LogP contribution in [0.4, 0.5) is 17.5 Å². The van der Waals surface area contributed by atoms with Gasteiger partial charge in [-0.1, -0.05) is 0 Å². The molecule has 5 fully saturated rings. The molecule has 0 bridgehead atoms. The number of carbonyl (C=O) groups is 1. The quantitative estimate of drug-likeness (QED) is 0.540. The first-order chi connectivity index (χ1) is 18.1. The van der Waals surface area contributed by atoms with Crippen LogP contribution in [-0.2, 0) is 4.79 Å². The Bertz CT molecular complexity index is 1150. The van der Waals surface area contributed by atoms with Gasteiger partial charge in [0.25, 0.3) is 6.47 Å². The zero-order chi connectivity index (χ0) is 25.4. The lowest BCUT2D eigenvalue weighted by atomic mass is 9.86. The third kappa shape index (κ3) is 5.54. The molecule has 37 heavy (non-hydrogen) atoms. The van der Waals surface area contributed by atoms with E-state index in [2.05, 4.69) is 37.2 Å². The molecule has 3 saturated carbocycles. The SMILES string of the molecule is N#Cc1c(C2CCN(CC3CC3)CC2)cc(Nc2cnc(C3CC3)cn2)nc1N1CC2CC2C1.O=CO. The van der Waals surface area contributed by atoms with Crippen LogP contribution in [0.5, 0.6) is 0 Å². The van der Waals surface area contributed by atoms with Gasteiger partial charge in [-0.25, -0.2) is 9.97 Å². The molecule has 9 heteroatoms. The highest BCUT2D eigenvalue weighted by molar-refractivity contribution is 5.66. The second-order valence-electron chi connectivity index (χ2n) is 11.4. The Balaban J connectivity index is 0.000000804. The van der Waals surface area contributed by atoms with E-state index >= 15 is 0 Å². The largest absolute Gasteiger partial charge is 0.483 e. The number of likely N-dealkylation sites (tertiary alicyclic amines) is 1. The maximum absolute atomic E-state index is 10.2. The van der Waals surface area contributed by atoms with E-state index in [1.807, 2.05) is 12.4 Å². The number of piperidine rings is 2. The summed E-state index contributed by atoms with van der Waals surface area (Å²) in [6, 6.07) is 4.69. The average Bonchev–Trinajstić information content (AvgIpc) is 3.81. The molecule has 0 radical (unpaired) electrons. The van der Waals surface area contributed by atoms with Crippen molar-refractivity contribution in [3.05, 3.63) is 35.3 Å². The highest BCUT2D eigenvalue weighted by atomic mass is 16.3. The first-order valence-electron chi connectivity index (χ1n) is 13.7. The minimum absolute atomic E-state index is 0.250. The number of nitrogens with zero attached hydrogens (tertiary/aromatic N) is 6. The molecule has 194 valence electrons. The molecule has 0 spiro atoms. The fraction of sp³-hybridized carbons (Fsp3) is 0.607. The standard InChI is InChI=1S/C27H33N7.CH2O2/c28-11-23-22(18-5-7-33(8-6-18)14-17-1-2-17)10-25(32-27(23)34-15-20-9-21(20)16-34)31-26-13-29-24(12-30-26)19-3-4-19;2-1-3/h10,12-13,17-21H,1-9,14-16H2,(H,30,31,32);1H,(H,2,3). The lowest BCUT2D eigenvalue weighted by Gasteiger charge is -2.33. The van der Waals surface area contributed by atoms with Gasteiger partial charge >= 0.3 is 0 Å². The number of carboxylic acid groups (broad SMARTS) is 1. The Morgan fingerprint density at radius 2 is 1.76 bits per heavy atom. The topological polar surface area (TPSA) is 118 Å². The van der Waals surface area contributed by atoms with Gasteiger partial charge < -0.3 is 20.2 Å². The maximum atomic E-state index is 10.2. The third-order valence-electron chi connectivity index (χ3n) is 8.59. The minimum Gasteiger partial charge on any atom is -0.483 e. The molecule has 4 heterocycles. The van der Waals surface area contributed by atoms with Crippen LogP contribution >= 0.6 is 0 Å². The zero-order valence-corrected chi connectivity index (χ0v) is 21.2. The van der Waals surface area contributed by atoms with Crippen LogP contribution in [0.1, 0.15) is 73.6 Å². The Morgan fingerprint density at radius 1 is 1.03 bits per heavy atom. The van der Waals surface area contributed by atoms with Crippen molar-refractivity contribution in [1.82, 2.24) is 19.9 Å². The molecular weight excluding hydrogens is 466 g/mol. The van der Waals surface area contributed by atoms with Crippen molar-refractivity contribution in [3.8, 4) is 6.07 Å². The number of pyridine rings is 1. The first-order valence-corrected chi connectivity index (χ1v) is 13.7. The van der Waals surface area contributed by atoms with E-state index in [0.29, 0.717) is 11.8 Å². The number of aromatic nitrogens is 3. The Kier molecular flexibility index (Phi) is 6.68. The Morgan fingerprint density at radius 3 is 2.35 bits per heavy atom. The van der Waals surface area contributed by atoms with Crippen LogP contribution in [0.2, 0.25) is 0 Å².